The van der Waals surface area contributed by atoms with Crippen molar-refractivity contribution in [3.8, 4) is 5.75 Å². The van der Waals surface area contributed by atoms with E-state index in [-0.39, 0.29) is 18.5 Å². The molecule has 1 N–H and O–H groups in total. The molecule has 1 atom stereocenters. The summed E-state index contributed by atoms with van der Waals surface area (Å²) in [5, 5.41) is 2.88. The number of hydrogen-bond donors (Lipinski definition) is 1. The van der Waals surface area contributed by atoms with Gasteiger partial charge >= 0.3 is 0 Å². The number of hydrogen-bond acceptors (Lipinski definition) is 4. The maximum absolute atomic E-state index is 12.4. The average Bonchev–Trinajstić information content (AvgIpc) is 2.65. The van der Waals surface area contributed by atoms with Gasteiger partial charge < -0.3 is 10.1 Å². The lowest BCUT2D eigenvalue weighted by molar-refractivity contribution is -0.120. The highest BCUT2D eigenvalue weighted by molar-refractivity contribution is 7.92. The summed E-state index contributed by atoms with van der Waals surface area (Å²) in [6.45, 7) is 4.06. The second-order valence-electron chi connectivity index (χ2n) is 6.69. The Bertz CT molecular complexity index is 852. The quantitative estimate of drug-likeness (QED) is 0.661. The fourth-order valence-electron chi connectivity index (χ4n) is 2.83. The second kappa shape index (κ2) is 10.1. The molecule has 0 aliphatic carbocycles. The van der Waals surface area contributed by atoms with Crippen molar-refractivity contribution in [3.63, 3.8) is 0 Å². The zero-order valence-corrected chi connectivity index (χ0v) is 17.4. The lowest BCUT2D eigenvalue weighted by Crippen LogP contribution is -2.43. The van der Waals surface area contributed by atoms with Gasteiger partial charge in [-0.1, -0.05) is 30.3 Å². The number of benzene rings is 2. The van der Waals surface area contributed by atoms with E-state index in [9.17, 15) is 13.2 Å². The van der Waals surface area contributed by atoms with Crippen LogP contribution < -0.4 is 14.4 Å². The molecule has 0 spiro atoms. The fraction of sp³-hybridized carbons (Fsp3) is 0.381. The summed E-state index contributed by atoms with van der Waals surface area (Å²) < 4.78 is 30.9. The Morgan fingerprint density at radius 3 is 2.32 bits per heavy atom. The second-order valence-corrected chi connectivity index (χ2v) is 8.60. The Labute approximate surface area is 167 Å². The molecule has 0 aliphatic rings. The van der Waals surface area contributed by atoms with Gasteiger partial charge in [0.05, 0.1) is 18.6 Å². The predicted octanol–water partition coefficient (Wildman–Crippen LogP) is 2.99. The van der Waals surface area contributed by atoms with Crippen molar-refractivity contribution >= 4 is 21.6 Å². The predicted molar refractivity (Wildman–Crippen MR) is 112 cm³/mol. The number of carbonyl (C=O) groups is 1. The summed E-state index contributed by atoms with van der Waals surface area (Å²) in [5.74, 6) is 0.318. The van der Waals surface area contributed by atoms with Crippen LogP contribution in [0.3, 0.4) is 0 Å². The van der Waals surface area contributed by atoms with E-state index >= 15 is 0 Å². The monoisotopic (exact) mass is 404 g/mol. The molecule has 2 aromatic carbocycles. The van der Waals surface area contributed by atoms with Crippen LogP contribution in [-0.2, 0) is 21.2 Å². The summed E-state index contributed by atoms with van der Waals surface area (Å²) in [5.41, 5.74) is 1.63. The van der Waals surface area contributed by atoms with Crippen molar-refractivity contribution in [1.29, 1.82) is 0 Å². The average molecular weight is 405 g/mol. The van der Waals surface area contributed by atoms with Crippen molar-refractivity contribution in [3.05, 3.63) is 60.2 Å². The number of anilines is 1. The van der Waals surface area contributed by atoms with Crippen LogP contribution in [0.2, 0.25) is 0 Å². The van der Waals surface area contributed by atoms with E-state index in [4.69, 9.17) is 4.74 Å². The van der Waals surface area contributed by atoms with Crippen LogP contribution in [0.1, 0.15) is 25.8 Å². The maximum atomic E-state index is 12.4. The zero-order valence-electron chi connectivity index (χ0n) is 16.6. The van der Waals surface area contributed by atoms with Crippen LogP contribution in [0.4, 0.5) is 5.69 Å². The standard InChI is InChI=1S/C21H28N2O4S/c1-4-27-20-14-12-19(13-15-20)23(28(3,25)26)16-21(24)22-17(2)10-11-18-8-6-5-7-9-18/h5-9,12-15,17H,4,10-11,16H2,1-3H3,(H,22,24)/t17-/m0/s1. The van der Waals surface area contributed by atoms with Gasteiger partial charge in [0.2, 0.25) is 15.9 Å². The van der Waals surface area contributed by atoms with Gasteiger partial charge in [-0.15, -0.1) is 0 Å². The third-order valence-corrected chi connectivity index (χ3v) is 5.38. The Hall–Kier alpha value is -2.54. The van der Waals surface area contributed by atoms with E-state index in [0.717, 1.165) is 23.4 Å². The molecule has 2 aromatic rings. The topological polar surface area (TPSA) is 75.7 Å². The first kappa shape index (κ1) is 21.8. The number of rotatable bonds is 10. The molecule has 1 amide bonds. The summed E-state index contributed by atoms with van der Waals surface area (Å²) in [7, 11) is -3.60. The van der Waals surface area contributed by atoms with Gasteiger partial charge in [-0.05, 0) is 56.5 Å². The smallest absolute Gasteiger partial charge is 0.240 e. The first-order valence-corrected chi connectivity index (χ1v) is 11.2. The van der Waals surface area contributed by atoms with Crippen LogP contribution in [0.15, 0.2) is 54.6 Å². The van der Waals surface area contributed by atoms with Gasteiger partial charge in [-0.3, -0.25) is 9.10 Å². The Kier molecular flexibility index (Phi) is 7.87. The van der Waals surface area contributed by atoms with Crippen molar-refractivity contribution in [2.75, 3.05) is 23.7 Å². The summed E-state index contributed by atoms with van der Waals surface area (Å²) >= 11 is 0. The molecular formula is C21H28N2O4S. The van der Waals surface area contributed by atoms with Crippen LogP contribution in [0.5, 0.6) is 5.75 Å². The molecule has 28 heavy (non-hydrogen) atoms. The van der Waals surface area contributed by atoms with Crippen LogP contribution in [0, 0.1) is 0 Å². The van der Waals surface area contributed by atoms with Crippen LogP contribution in [0.25, 0.3) is 0 Å². The molecule has 0 heterocycles. The SMILES string of the molecule is CCOc1ccc(N(CC(=O)N[C@@H](C)CCc2ccccc2)S(C)(=O)=O)cc1. The van der Waals surface area contributed by atoms with Gasteiger partial charge in [0.15, 0.2) is 0 Å². The summed E-state index contributed by atoms with van der Waals surface area (Å²) in [6.07, 6.45) is 2.71. The van der Waals surface area contributed by atoms with E-state index < -0.39 is 10.0 Å². The minimum Gasteiger partial charge on any atom is -0.494 e. The highest BCUT2D eigenvalue weighted by Gasteiger charge is 2.21. The molecule has 0 aromatic heterocycles. The molecule has 0 unspecified atom stereocenters. The number of aryl methyl sites for hydroxylation is 1. The lowest BCUT2D eigenvalue weighted by atomic mass is 10.1. The van der Waals surface area contributed by atoms with Gasteiger partial charge in [0.1, 0.15) is 12.3 Å². The Morgan fingerprint density at radius 2 is 1.75 bits per heavy atom. The first-order chi connectivity index (χ1) is 13.3. The van der Waals surface area contributed by atoms with Crippen molar-refractivity contribution < 1.29 is 17.9 Å². The minimum absolute atomic E-state index is 0.0607. The molecule has 0 fully saturated rings. The Balaban J connectivity index is 1.96. The molecule has 0 bridgehead atoms. The zero-order chi connectivity index (χ0) is 20.6. The number of nitrogens with zero attached hydrogens (tertiary/aromatic N) is 1. The van der Waals surface area contributed by atoms with Crippen molar-refractivity contribution in [2.45, 2.75) is 32.7 Å². The summed E-state index contributed by atoms with van der Waals surface area (Å²) in [6, 6.07) is 16.6. The highest BCUT2D eigenvalue weighted by atomic mass is 32.2. The van der Waals surface area contributed by atoms with Gasteiger partial charge in [-0.2, -0.15) is 0 Å². The number of nitrogens with one attached hydrogen (secondary N) is 1. The molecule has 0 radical (unpaired) electrons. The van der Waals surface area contributed by atoms with Gasteiger partial charge in [0, 0.05) is 6.04 Å². The van der Waals surface area contributed by atoms with E-state index in [1.807, 2.05) is 44.2 Å². The third-order valence-electron chi connectivity index (χ3n) is 4.24. The molecule has 7 heteroatoms. The molecule has 0 saturated carbocycles. The number of sulfonamides is 1. The van der Waals surface area contributed by atoms with Gasteiger partial charge in [0.25, 0.3) is 0 Å². The number of ether oxygens (including phenoxy) is 1. The molecule has 152 valence electrons. The molecule has 6 nitrogen and oxygen atoms in total. The largest absolute Gasteiger partial charge is 0.494 e. The van der Waals surface area contributed by atoms with Crippen molar-refractivity contribution in [2.24, 2.45) is 0 Å². The normalized spacial score (nSPS) is 12.2. The van der Waals surface area contributed by atoms with E-state index in [0.29, 0.717) is 18.0 Å². The van der Waals surface area contributed by atoms with Gasteiger partial charge in [-0.25, -0.2) is 8.42 Å². The fourth-order valence-corrected chi connectivity index (χ4v) is 3.68. The molecule has 2 rings (SSSR count). The Morgan fingerprint density at radius 1 is 1.11 bits per heavy atom. The van der Waals surface area contributed by atoms with Crippen molar-refractivity contribution in [1.82, 2.24) is 5.32 Å². The highest BCUT2D eigenvalue weighted by Crippen LogP contribution is 2.21. The lowest BCUT2D eigenvalue weighted by Gasteiger charge is -2.23. The minimum atomic E-state index is -3.60. The first-order valence-electron chi connectivity index (χ1n) is 9.33. The molecule has 0 saturated heterocycles. The van der Waals surface area contributed by atoms with E-state index in [2.05, 4.69) is 5.32 Å². The number of carbonyl (C=O) groups excluding carboxylic acids is 1. The third kappa shape index (κ3) is 6.88. The van der Waals surface area contributed by atoms with E-state index in [1.165, 1.54) is 5.56 Å². The summed E-state index contributed by atoms with van der Waals surface area (Å²) in [4.78, 5) is 12.4. The molecule has 0 aliphatic heterocycles. The maximum Gasteiger partial charge on any atom is 0.240 e. The van der Waals surface area contributed by atoms with Crippen LogP contribution >= 0.6 is 0 Å². The number of amides is 1. The van der Waals surface area contributed by atoms with Crippen LogP contribution in [-0.4, -0.2) is 39.8 Å². The molecular weight excluding hydrogens is 376 g/mol. The van der Waals surface area contributed by atoms with E-state index in [1.54, 1.807) is 24.3 Å².